The second kappa shape index (κ2) is 9.67. The van der Waals surface area contributed by atoms with E-state index in [1.165, 1.54) is 6.26 Å². The number of pyridine rings is 1. The Labute approximate surface area is 198 Å². The molecule has 2 N–H and O–H groups in total. The first-order chi connectivity index (χ1) is 15.0. The number of sulfone groups is 1. The summed E-state index contributed by atoms with van der Waals surface area (Å²) in [7, 11) is -3.14. The van der Waals surface area contributed by atoms with Crippen molar-refractivity contribution in [1.82, 2.24) is 20.1 Å². The quantitative estimate of drug-likeness (QED) is 0.561. The Balaban J connectivity index is 1.79. The van der Waals surface area contributed by atoms with Gasteiger partial charge in [0, 0.05) is 31.1 Å². The summed E-state index contributed by atoms with van der Waals surface area (Å²) in [6.45, 7) is 4.37. The third-order valence-electron chi connectivity index (χ3n) is 6.05. The maximum absolute atomic E-state index is 12.9. The Bertz CT molecular complexity index is 1110. The highest BCUT2D eigenvalue weighted by atomic mass is 35.5. The van der Waals surface area contributed by atoms with Gasteiger partial charge >= 0.3 is 0 Å². The van der Waals surface area contributed by atoms with Gasteiger partial charge in [-0.05, 0) is 50.7 Å². The maximum atomic E-state index is 12.9. The summed E-state index contributed by atoms with van der Waals surface area (Å²) in [5.41, 5.74) is 1.19. The van der Waals surface area contributed by atoms with E-state index in [2.05, 4.69) is 15.4 Å². The normalized spacial score (nSPS) is 21.5. The number of hydrogen-bond donors (Lipinski definition) is 2. The first kappa shape index (κ1) is 25.0. The highest BCUT2D eigenvalue weighted by molar-refractivity contribution is 7.91. The highest BCUT2D eigenvalue weighted by Crippen LogP contribution is 2.35. The van der Waals surface area contributed by atoms with Crippen LogP contribution in [0.5, 0.6) is 0 Å². The molecule has 2 heterocycles. The molecule has 3 rings (SSSR count). The number of aliphatic hydroxyl groups is 1. The Kier molecular flexibility index (Phi) is 7.54. The minimum atomic E-state index is -3.14. The number of hydrogen-bond acceptors (Lipinski definition) is 6. The van der Waals surface area contributed by atoms with Gasteiger partial charge in [-0.25, -0.2) is 13.4 Å². The van der Waals surface area contributed by atoms with Crippen molar-refractivity contribution >= 4 is 38.9 Å². The molecule has 1 fully saturated rings. The summed E-state index contributed by atoms with van der Waals surface area (Å²) in [6.07, 6.45) is 4.86. The lowest BCUT2D eigenvalue weighted by Gasteiger charge is -2.35. The third-order valence-corrected chi connectivity index (χ3v) is 8.30. The second-order valence-corrected chi connectivity index (χ2v) is 11.4. The van der Waals surface area contributed by atoms with Crippen LogP contribution in [0.2, 0.25) is 10.2 Å². The van der Waals surface area contributed by atoms with Gasteiger partial charge in [-0.15, -0.1) is 0 Å². The topological polar surface area (TPSA) is 114 Å². The molecule has 1 amide bonds. The predicted molar refractivity (Wildman–Crippen MR) is 125 cm³/mol. The van der Waals surface area contributed by atoms with E-state index in [0.29, 0.717) is 49.5 Å². The molecule has 1 aliphatic rings. The van der Waals surface area contributed by atoms with Crippen LogP contribution in [0.4, 0.5) is 0 Å². The molecular formula is C21H28Cl2N4O4S. The number of aromatic nitrogens is 3. The first-order valence-electron chi connectivity index (χ1n) is 10.6. The number of carbonyl (C=O) groups excluding carboxylic acids is 1. The van der Waals surface area contributed by atoms with E-state index in [-0.39, 0.29) is 17.3 Å². The van der Waals surface area contributed by atoms with Gasteiger partial charge in [0.25, 0.3) is 5.91 Å². The van der Waals surface area contributed by atoms with Gasteiger partial charge in [-0.3, -0.25) is 9.48 Å². The molecule has 0 atom stereocenters. The van der Waals surface area contributed by atoms with Gasteiger partial charge in [0.15, 0.2) is 5.69 Å². The van der Waals surface area contributed by atoms with Crippen LogP contribution in [0.1, 0.15) is 55.6 Å². The molecule has 0 aromatic carbocycles. The fourth-order valence-electron chi connectivity index (χ4n) is 4.11. The minimum Gasteiger partial charge on any atom is -0.388 e. The van der Waals surface area contributed by atoms with Crippen molar-refractivity contribution in [2.24, 2.45) is 0 Å². The largest absolute Gasteiger partial charge is 0.388 e. The lowest BCUT2D eigenvalue weighted by molar-refractivity contribution is 0.00606. The fourth-order valence-corrected chi connectivity index (χ4v) is 5.70. The zero-order valence-electron chi connectivity index (χ0n) is 18.4. The predicted octanol–water partition coefficient (Wildman–Crippen LogP) is 3.28. The first-order valence-corrected chi connectivity index (χ1v) is 13.3. The number of halogens is 2. The average molecular weight is 503 g/mol. The van der Waals surface area contributed by atoms with Crippen LogP contribution >= 0.6 is 23.2 Å². The number of rotatable bonds is 7. The number of nitrogens with one attached hydrogen (secondary N) is 1. The van der Waals surface area contributed by atoms with Crippen LogP contribution in [0.3, 0.4) is 0 Å². The molecule has 0 saturated heterocycles. The van der Waals surface area contributed by atoms with E-state index in [1.54, 1.807) is 16.9 Å². The van der Waals surface area contributed by atoms with Gasteiger partial charge in [-0.2, -0.15) is 5.10 Å². The summed E-state index contributed by atoms with van der Waals surface area (Å²) in [5, 5.41) is 18.0. The fraction of sp³-hybridized carbons (Fsp3) is 0.571. The van der Waals surface area contributed by atoms with Crippen molar-refractivity contribution in [2.75, 3.05) is 12.8 Å². The van der Waals surface area contributed by atoms with Crippen LogP contribution in [0.15, 0.2) is 12.3 Å². The summed E-state index contributed by atoms with van der Waals surface area (Å²) in [4.78, 5) is 17.0. The maximum Gasteiger partial charge on any atom is 0.273 e. The molecule has 176 valence electrons. The Morgan fingerprint density at radius 1 is 1.31 bits per heavy atom. The molecule has 32 heavy (non-hydrogen) atoms. The van der Waals surface area contributed by atoms with E-state index >= 15 is 0 Å². The molecule has 1 aliphatic carbocycles. The Morgan fingerprint density at radius 3 is 2.53 bits per heavy atom. The van der Waals surface area contributed by atoms with Gasteiger partial charge in [0.2, 0.25) is 0 Å². The monoisotopic (exact) mass is 502 g/mol. The molecule has 2 aromatic rings. The van der Waals surface area contributed by atoms with Gasteiger partial charge in [0.1, 0.15) is 15.0 Å². The molecule has 8 nitrogen and oxygen atoms in total. The van der Waals surface area contributed by atoms with E-state index in [9.17, 15) is 18.3 Å². The zero-order valence-corrected chi connectivity index (χ0v) is 20.7. The molecular weight excluding hydrogens is 475 g/mol. The van der Waals surface area contributed by atoms with E-state index in [4.69, 9.17) is 23.2 Å². The molecule has 0 spiro atoms. The highest BCUT2D eigenvalue weighted by Gasteiger charge is 2.37. The lowest BCUT2D eigenvalue weighted by Crippen LogP contribution is -2.47. The number of carbonyl (C=O) groups is 1. The Hall–Kier alpha value is -1.68. The number of nitrogens with zero attached hydrogens (tertiary/aromatic N) is 3. The van der Waals surface area contributed by atoms with Crippen LogP contribution < -0.4 is 5.32 Å². The third kappa shape index (κ3) is 5.27. The molecule has 11 heteroatoms. The van der Waals surface area contributed by atoms with Crippen LogP contribution in [-0.2, 0) is 22.8 Å². The van der Waals surface area contributed by atoms with Crippen LogP contribution in [0.25, 0.3) is 11.3 Å². The van der Waals surface area contributed by atoms with Crippen LogP contribution in [0, 0.1) is 0 Å². The summed E-state index contributed by atoms with van der Waals surface area (Å²) >= 11 is 12.6. The van der Waals surface area contributed by atoms with Gasteiger partial charge in [-0.1, -0.05) is 30.1 Å². The van der Waals surface area contributed by atoms with E-state index in [0.717, 1.165) is 11.1 Å². The summed E-state index contributed by atoms with van der Waals surface area (Å²) in [6, 6.07) is 1.77. The van der Waals surface area contributed by atoms with Crippen molar-refractivity contribution in [3.05, 3.63) is 33.7 Å². The number of aryl methyl sites for hydroxylation is 2. The minimum absolute atomic E-state index is 0.00429. The molecule has 0 bridgehead atoms. The molecule has 1 saturated carbocycles. The van der Waals surface area contributed by atoms with Crippen molar-refractivity contribution in [3.63, 3.8) is 0 Å². The van der Waals surface area contributed by atoms with E-state index < -0.39 is 26.6 Å². The zero-order chi connectivity index (χ0) is 23.7. The molecule has 0 unspecified atom stereocenters. The van der Waals surface area contributed by atoms with Crippen molar-refractivity contribution in [3.8, 4) is 11.3 Å². The summed E-state index contributed by atoms with van der Waals surface area (Å²) in [5.74, 6) is -0.498. The SMILES string of the molecule is CCc1cc(Cl)ncc1-c1c(Cl)c(C(=O)NCC2(O)CCC(S(C)(=O)=O)CC2)nn1CC. The van der Waals surface area contributed by atoms with Gasteiger partial charge in [0.05, 0.1) is 21.6 Å². The summed E-state index contributed by atoms with van der Waals surface area (Å²) < 4.78 is 25.1. The van der Waals surface area contributed by atoms with E-state index in [1.807, 2.05) is 13.8 Å². The molecule has 0 aliphatic heterocycles. The second-order valence-electron chi connectivity index (χ2n) is 8.28. The van der Waals surface area contributed by atoms with Crippen LogP contribution in [-0.4, -0.2) is 57.8 Å². The number of amides is 1. The van der Waals surface area contributed by atoms with Gasteiger partial charge < -0.3 is 10.4 Å². The molecule has 2 aromatic heterocycles. The van der Waals surface area contributed by atoms with Crippen molar-refractivity contribution in [1.29, 1.82) is 0 Å². The smallest absolute Gasteiger partial charge is 0.273 e. The molecule has 0 radical (unpaired) electrons. The lowest BCUT2D eigenvalue weighted by atomic mass is 9.84. The standard InChI is InChI=1S/C21H28Cl2N4O4S/c1-4-13-10-16(22)24-11-15(13)19-17(23)18(26-27(19)5-2)20(28)25-12-21(29)8-6-14(7-9-21)32(3,30)31/h10-11,14,29H,4-9,12H2,1-3H3,(H,25,28). The Morgan fingerprint density at radius 2 is 1.97 bits per heavy atom. The average Bonchev–Trinajstić information content (AvgIpc) is 3.08. The van der Waals surface area contributed by atoms with Crippen molar-refractivity contribution < 1.29 is 18.3 Å². The van der Waals surface area contributed by atoms with Crippen molar-refractivity contribution in [2.45, 2.75) is 63.3 Å².